The second-order valence-electron chi connectivity index (χ2n) is 28.9. The number of aliphatic hydroxyl groups excluding tert-OH is 3. The van der Waals surface area contributed by atoms with Gasteiger partial charge in [0.05, 0.1) is 34.0 Å². The number of aromatic nitrogens is 3. The summed E-state index contributed by atoms with van der Waals surface area (Å²) >= 11 is 0. The Morgan fingerprint density at radius 2 is 0.659 bits per heavy atom. The first-order chi connectivity index (χ1) is 58.2. The number of rotatable bonds is 11. The maximum Gasteiger partial charge on any atom is 0.155 e. The van der Waals surface area contributed by atoms with E-state index >= 15 is 0 Å². The molecule has 20 aromatic rings. The number of hydrogen-bond acceptors (Lipinski definition) is 15. The van der Waals surface area contributed by atoms with Crippen molar-refractivity contribution >= 4 is 116 Å². The molecule has 11 aromatic carbocycles. The molecule has 0 unspecified atom stereocenters. The zero-order valence-corrected chi connectivity index (χ0v) is 75.4. The van der Waals surface area contributed by atoms with E-state index in [1.54, 1.807) is 0 Å². The normalized spacial score (nSPS) is 11.3. The van der Waals surface area contributed by atoms with E-state index in [1.807, 2.05) is 188 Å². The van der Waals surface area contributed by atoms with E-state index in [1.165, 1.54) is 82.0 Å². The van der Waals surface area contributed by atoms with Gasteiger partial charge in [-0.05, 0) is 150 Å². The van der Waals surface area contributed by atoms with Crippen LogP contribution in [-0.4, -0.2) is 47.6 Å². The minimum atomic E-state index is -0.125. The first kappa shape index (κ1) is 88.7. The van der Waals surface area contributed by atoms with Crippen LogP contribution in [0.4, 0.5) is 0 Å². The molecule has 0 spiro atoms. The van der Waals surface area contributed by atoms with E-state index in [4.69, 9.17) is 56.8 Å². The Bertz CT molecular complexity index is 7220. The van der Waals surface area contributed by atoms with Crippen molar-refractivity contribution in [3.8, 4) is 90.0 Å². The molecular weight excluding hydrogens is 2070 g/mol. The molecule has 0 aliphatic carbocycles. The molecule has 20 rings (SSSR count). The smallest absolute Gasteiger partial charge is 0.155 e. The van der Waals surface area contributed by atoms with Crippen LogP contribution in [0.5, 0.6) is 0 Å². The van der Waals surface area contributed by atoms with Crippen molar-refractivity contribution in [2.75, 3.05) is 0 Å². The molecule has 0 saturated heterocycles. The number of benzene rings is 11. The van der Waals surface area contributed by atoms with Crippen molar-refractivity contribution in [2.45, 2.75) is 62.3 Å². The van der Waals surface area contributed by atoms with Crippen LogP contribution in [0.2, 0.25) is 0 Å². The third-order valence-electron chi connectivity index (χ3n) is 19.9. The van der Waals surface area contributed by atoms with E-state index in [9.17, 15) is 14.4 Å². The summed E-state index contributed by atoms with van der Waals surface area (Å²) in [6.07, 6.45) is 9.14. The third kappa shape index (κ3) is 19.9. The summed E-state index contributed by atoms with van der Waals surface area (Å²) < 4.78 is 37.6. The van der Waals surface area contributed by atoms with Gasteiger partial charge in [0.15, 0.2) is 17.3 Å². The Kier molecular flexibility index (Phi) is 28.7. The fourth-order valence-corrected chi connectivity index (χ4v) is 14.7. The zero-order chi connectivity index (χ0) is 83.7. The van der Waals surface area contributed by atoms with E-state index in [0.717, 1.165) is 183 Å². The van der Waals surface area contributed by atoms with Gasteiger partial charge in [0, 0.05) is 157 Å². The van der Waals surface area contributed by atoms with Crippen LogP contribution >= 0.6 is 0 Å². The average molecular weight is 2150 g/mol. The number of pyridine rings is 3. The first-order valence-electron chi connectivity index (χ1n) is 38.8. The van der Waals surface area contributed by atoms with Gasteiger partial charge in [-0.25, -0.2) is 0 Å². The molecule has 3 N–H and O–H groups in total. The number of nitrogens with zero attached hydrogens (tertiary/aromatic N) is 3. The number of para-hydroxylation sites is 3. The molecular formula is C105H80Ir3N3O12-3. The number of carbonyl (C=O) groups excluding carboxylic acids is 3. The summed E-state index contributed by atoms with van der Waals surface area (Å²) in [5.41, 5.74) is 23.6. The molecule has 0 bridgehead atoms. The third-order valence-corrected chi connectivity index (χ3v) is 19.9. The summed E-state index contributed by atoms with van der Waals surface area (Å²) in [6, 6.07) is 99.7. The molecule has 0 amide bonds. The predicted octanol–water partition coefficient (Wildman–Crippen LogP) is 27.9. The standard InChI is InChI=1S/C33H22NO2.C31H18NO2.C26H16NO2.3C5H8O2.3Ir/c1-20-7-5-8-21(2)32(20)23-15-13-22(14-16-23)30-17-24-19-34-28(18-31(24)35-30)27-11-6-10-26-25-9-3-4-12-29(25)36-33(26)27;1-3-10-20(11-4-1)29-25-19-32-26(18-28(25)34-30(29)21-12-5-2-6-13-21)24-16-9-15-23-22-14-7-8-17-27(22)33-31(23)24;1-16-21-15-27-22(14-24(21)29-25(16)17-8-3-2-4-9-17)20-12-7-11-19-18-10-5-6-13-23(18)28-26(19)20;3*1-4(6)3-5(2)7;;;/h3-10,12-19H,1-2H3;1-15,17-19H;2-11,13-15H,1H3;3*3,6H,1-2H3;;;/q3*-1;;;;;;. The number of furan rings is 6. The minimum absolute atomic E-state index is 0. The van der Waals surface area contributed by atoms with Crippen LogP contribution < -0.4 is 0 Å². The molecule has 18 heteroatoms. The van der Waals surface area contributed by atoms with Gasteiger partial charge in [0.2, 0.25) is 0 Å². The van der Waals surface area contributed by atoms with Gasteiger partial charge < -0.3 is 56.8 Å². The summed E-state index contributed by atoms with van der Waals surface area (Å²) in [4.78, 5) is 44.3. The number of aryl methyl sites for hydroxylation is 3. The number of allylic oxidation sites excluding steroid dienone is 6. The molecule has 617 valence electrons. The zero-order valence-electron chi connectivity index (χ0n) is 68.2. The maximum atomic E-state index is 10.0. The van der Waals surface area contributed by atoms with Crippen molar-refractivity contribution < 1.29 is 117 Å². The van der Waals surface area contributed by atoms with Gasteiger partial charge in [-0.2, -0.15) is 0 Å². The van der Waals surface area contributed by atoms with Gasteiger partial charge in [0.1, 0.15) is 50.8 Å². The van der Waals surface area contributed by atoms with E-state index in [-0.39, 0.29) is 94.9 Å². The van der Waals surface area contributed by atoms with E-state index < -0.39 is 0 Å². The second-order valence-corrected chi connectivity index (χ2v) is 28.9. The summed E-state index contributed by atoms with van der Waals surface area (Å²) in [6.45, 7) is 14.9. The van der Waals surface area contributed by atoms with Gasteiger partial charge in [-0.15, -0.1) is 54.6 Å². The second kappa shape index (κ2) is 39.8. The van der Waals surface area contributed by atoms with Crippen LogP contribution in [0.3, 0.4) is 0 Å². The van der Waals surface area contributed by atoms with Crippen molar-refractivity contribution in [3.63, 3.8) is 0 Å². The van der Waals surface area contributed by atoms with Crippen molar-refractivity contribution in [2.24, 2.45) is 0 Å². The Morgan fingerprint density at radius 3 is 1.07 bits per heavy atom. The number of ketones is 3. The Hall–Kier alpha value is -13.5. The Balaban J connectivity index is 0.000000149. The number of hydrogen-bond donors (Lipinski definition) is 3. The van der Waals surface area contributed by atoms with Gasteiger partial charge in [-0.1, -0.05) is 221 Å². The molecule has 0 aliphatic heterocycles. The van der Waals surface area contributed by atoms with Crippen molar-refractivity contribution in [3.05, 3.63) is 356 Å². The fourth-order valence-electron chi connectivity index (χ4n) is 14.7. The predicted molar refractivity (Wildman–Crippen MR) is 479 cm³/mol. The molecule has 9 heterocycles. The largest absolute Gasteiger partial charge is 0.512 e. The SMILES string of the molecule is CC(=O)C=C(C)O.CC(=O)C=C(C)O.CC(=O)C=C(C)O.Cc1c(-c2ccccc2)oc2cc(-c3[c-]ccc4c3oc3ccccc34)ncc12.Cc1cccc(C)c1-c1ccc(-c2cc3cnc(-c4[c-]ccc5c4oc4ccccc45)cc3o2)cc1.[Ir].[Ir].[Ir].[c-]1ccc2c(oc3ccccc32)c1-c1cc2oc(-c3ccccc3)c(-c3ccccc3)c2cn1. The van der Waals surface area contributed by atoms with Crippen LogP contribution in [0.25, 0.3) is 189 Å². The monoisotopic (exact) mass is 2150 g/mol. The van der Waals surface area contributed by atoms with E-state index in [0.29, 0.717) is 0 Å². The van der Waals surface area contributed by atoms with Crippen LogP contribution in [0.1, 0.15) is 58.2 Å². The summed E-state index contributed by atoms with van der Waals surface area (Å²) in [5, 5.41) is 34.5. The topological polar surface area (TPSA) is 229 Å². The van der Waals surface area contributed by atoms with Gasteiger partial charge in [0.25, 0.3) is 0 Å². The Labute approximate surface area is 749 Å². The van der Waals surface area contributed by atoms with E-state index in [2.05, 4.69) is 136 Å². The Morgan fingerprint density at radius 1 is 0.309 bits per heavy atom. The van der Waals surface area contributed by atoms with Gasteiger partial charge >= 0.3 is 0 Å². The van der Waals surface area contributed by atoms with Crippen molar-refractivity contribution in [1.29, 1.82) is 0 Å². The fraction of sp³-hybridized carbons (Fsp3) is 0.0857. The number of carbonyl (C=O) groups is 3. The molecule has 9 aromatic heterocycles. The summed E-state index contributed by atoms with van der Waals surface area (Å²) in [7, 11) is 0. The molecule has 15 nitrogen and oxygen atoms in total. The maximum absolute atomic E-state index is 10.0. The molecule has 123 heavy (non-hydrogen) atoms. The molecule has 3 radical (unpaired) electrons. The van der Waals surface area contributed by atoms with Crippen LogP contribution in [0, 0.1) is 39.0 Å². The quantitative estimate of drug-likeness (QED) is 0.0621. The molecule has 0 atom stereocenters. The molecule has 0 saturated carbocycles. The van der Waals surface area contributed by atoms with Crippen molar-refractivity contribution in [1.82, 2.24) is 15.0 Å². The molecule has 0 aliphatic rings. The number of aliphatic hydroxyl groups is 3. The minimum Gasteiger partial charge on any atom is -0.512 e. The van der Waals surface area contributed by atoms with Gasteiger partial charge in [-0.3, -0.25) is 14.4 Å². The summed E-state index contributed by atoms with van der Waals surface area (Å²) in [5.74, 6) is 2.35. The average Bonchev–Trinajstić information content (AvgIpc) is 1.61. The number of fused-ring (bicyclic) bond motifs is 12. The first-order valence-corrected chi connectivity index (χ1v) is 38.8. The van der Waals surface area contributed by atoms with Crippen LogP contribution in [-0.2, 0) is 74.7 Å². The van der Waals surface area contributed by atoms with Crippen LogP contribution in [0.15, 0.2) is 348 Å². The molecule has 0 fully saturated rings.